The molecule has 1 aliphatic rings. The molecule has 1 saturated heterocycles. The summed E-state index contributed by atoms with van der Waals surface area (Å²) in [5, 5.41) is 9.34. The van der Waals surface area contributed by atoms with Gasteiger partial charge >= 0.3 is 5.97 Å². The molecular weight excluding hydrogens is 260 g/mol. The molecule has 1 heterocycles. The van der Waals surface area contributed by atoms with Crippen LogP contribution in [-0.2, 0) is 19.6 Å². The number of rotatable bonds is 3. The van der Waals surface area contributed by atoms with Gasteiger partial charge in [0.15, 0.2) is 0 Å². The summed E-state index contributed by atoms with van der Waals surface area (Å²) in [4.78, 5) is 24.0. The third-order valence-corrected chi connectivity index (χ3v) is 4.83. The lowest BCUT2D eigenvalue weighted by Gasteiger charge is -2.43. The molecule has 0 aromatic rings. The summed E-state index contributed by atoms with van der Waals surface area (Å²) in [6.07, 6.45) is 1.30. The lowest BCUT2D eigenvalue weighted by atomic mass is 9.86. The Hall–Kier alpha value is -1.15. The molecule has 1 N–H and O–H groups in total. The zero-order chi connectivity index (χ0) is 14.1. The van der Waals surface area contributed by atoms with E-state index in [-0.39, 0.29) is 31.8 Å². The Kier molecular flexibility index (Phi) is 4.02. The number of aliphatic carboxylic acids is 1. The highest BCUT2D eigenvalue weighted by atomic mass is 32.2. The molecule has 0 radical (unpaired) electrons. The minimum Gasteiger partial charge on any atom is -0.479 e. The third kappa shape index (κ3) is 2.64. The van der Waals surface area contributed by atoms with E-state index in [2.05, 4.69) is 0 Å². The second-order valence-corrected chi connectivity index (χ2v) is 6.56. The number of carbonyl (C=O) groups is 2. The van der Waals surface area contributed by atoms with Crippen molar-refractivity contribution in [1.82, 2.24) is 9.21 Å². The summed E-state index contributed by atoms with van der Waals surface area (Å²) in [6, 6.07) is 0. The highest BCUT2D eigenvalue weighted by Crippen LogP contribution is 2.29. The minimum atomic E-state index is -3.31. The number of carbonyl (C=O) groups excluding carboxylic acids is 1. The Morgan fingerprint density at radius 2 is 1.72 bits per heavy atom. The number of hydrogen-bond acceptors (Lipinski definition) is 4. The Morgan fingerprint density at radius 3 is 2.00 bits per heavy atom. The van der Waals surface area contributed by atoms with E-state index in [0.29, 0.717) is 0 Å². The standard InChI is InChI=1S/C10H18N2O5S/c1-8(13)11(2)10(9(14)15)4-6-12(7-5-10)18(3,16)17/h4-7H2,1-3H3,(H,14,15). The second-order valence-electron chi connectivity index (χ2n) is 4.58. The van der Waals surface area contributed by atoms with E-state index in [0.717, 1.165) is 6.26 Å². The maximum atomic E-state index is 11.4. The van der Waals surface area contributed by atoms with Crippen molar-refractivity contribution in [3.8, 4) is 0 Å². The minimum absolute atomic E-state index is 0.103. The van der Waals surface area contributed by atoms with Gasteiger partial charge in [-0.25, -0.2) is 17.5 Å². The lowest BCUT2D eigenvalue weighted by molar-refractivity contribution is -0.159. The summed E-state index contributed by atoms with van der Waals surface area (Å²) in [7, 11) is -1.87. The lowest BCUT2D eigenvalue weighted by Crippen LogP contribution is -2.60. The van der Waals surface area contributed by atoms with Crippen molar-refractivity contribution in [2.45, 2.75) is 25.3 Å². The fourth-order valence-corrected chi connectivity index (χ4v) is 3.03. The van der Waals surface area contributed by atoms with E-state index >= 15 is 0 Å². The van der Waals surface area contributed by atoms with Crippen molar-refractivity contribution in [2.75, 3.05) is 26.4 Å². The number of amides is 1. The summed E-state index contributed by atoms with van der Waals surface area (Å²) in [5.41, 5.74) is -1.30. The molecule has 0 atom stereocenters. The first-order valence-electron chi connectivity index (χ1n) is 5.54. The Balaban J connectivity index is 2.95. The van der Waals surface area contributed by atoms with Crippen molar-refractivity contribution in [3.63, 3.8) is 0 Å². The normalized spacial score (nSPS) is 20.4. The van der Waals surface area contributed by atoms with Gasteiger partial charge in [-0.15, -0.1) is 0 Å². The quantitative estimate of drug-likeness (QED) is 0.739. The van der Waals surface area contributed by atoms with E-state index in [1.165, 1.54) is 23.2 Å². The number of piperidine rings is 1. The van der Waals surface area contributed by atoms with Crippen molar-refractivity contribution in [2.24, 2.45) is 0 Å². The zero-order valence-corrected chi connectivity index (χ0v) is 11.5. The molecular formula is C10H18N2O5S. The summed E-state index contributed by atoms with van der Waals surface area (Å²) >= 11 is 0. The van der Waals surface area contributed by atoms with E-state index < -0.39 is 21.5 Å². The molecule has 1 aliphatic heterocycles. The Labute approximate surface area is 106 Å². The monoisotopic (exact) mass is 278 g/mol. The number of likely N-dealkylation sites (N-methyl/N-ethyl adjacent to an activating group) is 1. The van der Waals surface area contributed by atoms with Crippen LogP contribution in [0.2, 0.25) is 0 Å². The van der Waals surface area contributed by atoms with Crippen LogP contribution in [0, 0.1) is 0 Å². The topological polar surface area (TPSA) is 95.0 Å². The highest BCUT2D eigenvalue weighted by Gasteiger charge is 2.47. The molecule has 0 aromatic heterocycles. The molecule has 18 heavy (non-hydrogen) atoms. The Bertz CT molecular complexity index is 451. The van der Waals surface area contributed by atoms with Crippen LogP contribution < -0.4 is 0 Å². The predicted octanol–water partition coefficient (Wildman–Crippen LogP) is -0.656. The molecule has 1 fully saturated rings. The van der Waals surface area contributed by atoms with Crippen LogP contribution in [0.1, 0.15) is 19.8 Å². The van der Waals surface area contributed by atoms with Gasteiger partial charge in [0.1, 0.15) is 5.54 Å². The van der Waals surface area contributed by atoms with E-state index in [9.17, 15) is 23.1 Å². The molecule has 0 aliphatic carbocycles. The second kappa shape index (κ2) is 4.85. The van der Waals surface area contributed by atoms with Gasteiger partial charge in [0.05, 0.1) is 6.26 Å². The van der Waals surface area contributed by atoms with Crippen molar-refractivity contribution >= 4 is 21.9 Å². The van der Waals surface area contributed by atoms with E-state index in [1.807, 2.05) is 0 Å². The van der Waals surface area contributed by atoms with Gasteiger partial charge in [0.2, 0.25) is 15.9 Å². The smallest absolute Gasteiger partial charge is 0.329 e. The number of hydrogen-bond donors (Lipinski definition) is 1. The maximum Gasteiger partial charge on any atom is 0.329 e. The van der Waals surface area contributed by atoms with E-state index in [1.54, 1.807) is 0 Å². The number of carboxylic acids is 1. The van der Waals surface area contributed by atoms with Crippen LogP contribution in [0.15, 0.2) is 0 Å². The van der Waals surface area contributed by atoms with Gasteiger partial charge in [-0.05, 0) is 12.8 Å². The molecule has 1 amide bonds. The molecule has 104 valence electrons. The van der Waals surface area contributed by atoms with Crippen molar-refractivity contribution in [3.05, 3.63) is 0 Å². The average molecular weight is 278 g/mol. The molecule has 0 aromatic carbocycles. The zero-order valence-electron chi connectivity index (χ0n) is 10.7. The first-order valence-corrected chi connectivity index (χ1v) is 7.39. The predicted molar refractivity (Wildman–Crippen MR) is 64.5 cm³/mol. The molecule has 7 nitrogen and oxygen atoms in total. The van der Waals surface area contributed by atoms with Crippen LogP contribution >= 0.6 is 0 Å². The van der Waals surface area contributed by atoms with Crippen LogP contribution in [0.5, 0.6) is 0 Å². The molecule has 0 unspecified atom stereocenters. The summed E-state index contributed by atoms with van der Waals surface area (Å²) < 4.78 is 24.0. The van der Waals surface area contributed by atoms with Crippen LogP contribution in [-0.4, -0.2) is 66.5 Å². The number of carboxylic acid groups (broad SMARTS) is 1. The molecule has 0 saturated carbocycles. The van der Waals surface area contributed by atoms with Gasteiger partial charge in [0, 0.05) is 27.1 Å². The molecule has 0 bridgehead atoms. The highest BCUT2D eigenvalue weighted by molar-refractivity contribution is 7.88. The maximum absolute atomic E-state index is 11.4. The summed E-state index contributed by atoms with van der Waals surface area (Å²) in [5.74, 6) is -1.43. The SMILES string of the molecule is CC(=O)N(C)C1(C(=O)O)CCN(S(C)(=O)=O)CC1. The molecule has 1 rings (SSSR count). The van der Waals surface area contributed by atoms with E-state index in [4.69, 9.17) is 0 Å². The largest absolute Gasteiger partial charge is 0.479 e. The number of nitrogens with zero attached hydrogens (tertiary/aromatic N) is 2. The van der Waals surface area contributed by atoms with Crippen LogP contribution in [0.4, 0.5) is 0 Å². The van der Waals surface area contributed by atoms with Crippen LogP contribution in [0.25, 0.3) is 0 Å². The third-order valence-electron chi connectivity index (χ3n) is 3.53. The van der Waals surface area contributed by atoms with Crippen molar-refractivity contribution < 1.29 is 23.1 Å². The fraction of sp³-hybridized carbons (Fsp3) is 0.800. The van der Waals surface area contributed by atoms with Gasteiger partial charge in [-0.2, -0.15) is 0 Å². The average Bonchev–Trinajstić information content (AvgIpc) is 2.26. The first-order chi connectivity index (χ1) is 8.11. The van der Waals surface area contributed by atoms with Gasteiger partial charge < -0.3 is 10.0 Å². The molecule has 8 heteroatoms. The van der Waals surface area contributed by atoms with Gasteiger partial charge in [-0.1, -0.05) is 0 Å². The first kappa shape index (κ1) is 14.9. The summed E-state index contributed by atoms with van der Waals surface area (Å²) in [6.45, 7) is 1.53. The Morgan fingerprint density at radius 1 is 1.28 bits per heavy atom. The number of sulfonamides is 1. The van der Waals surface area contributed by atoms with Crippen molar-refractivity contribution in [1.29, 1.82) is 0 Å². The van der Waals surface area contributed by atoms with Crippen LogP contribution in [0.3, 0.4) is 0 Å². The molecule has 0 spiro atoms. The van der Waals surface area contributed by atoms with Gasteiger partial charge in [0.25, 0.3) is 0 Å². The van der Waals surface area contributed by atoms with Gasteiger partial charge in [-0.3, -0.25) is 4.79 Å². The fourth-order valence-electron chi connectivity index (χ4n) is 2.18.